The van der Waals surface area contributed by atoms with E-state index in [9.17, 15) is 5.11 Å². The van der Waals surface area contributed by atoms with Crippen LogP contribution in [0.4, 0.5) is 0 Å². The highest BCUT2D eigenvalue weighted by molar-refractivity contribution is 5.43. The highest BCUT2D eigenvalue weighted by Gasteiger charge is 2.07. The van der Waals surface area contributed by atoms with Gasteiger partial charge in [-0.2, -0.15) is 0 Å². The third-order valence-corrected chi connectivity index (χ3v) is 2.29. The lowest BCUT2D eigenvalue weighted by atomic mass is 10.1. The van der Waals surface area contributed by atoms with Crippen LogP contribution in [0.2, 0.25) is 0 Å². The predicted molar refractivity (Wildman–Crippen MR) is 61.3 cm³/mol. The van der Waals surface area contributed by atoms with Crippen LogP contribution in [0.5, 0.6) is 11.5 Å². The summed E-state index contributed by atoms with van der Waals surface area (Å²) in [6, 6.07) is 5.38. The average molecular weight is 209 g/mol. The van der Waals surface area contributed by atoms with E-state index < -0.39 is 0 Å². The van der Waals surface area contributed by atoms with Crippen molar-refractivity contribution in [3.63, 3.8) is 0 Å². The molecule has 15 heavy (non-hydrogen) atoms. The van der Waals surface area contributed by atoms with Gasteiger partial charge in [0.2, 0.25) is 0 Å². The lowest BCUT2D eigenvalue weighted by Gasteiger charge is -2.11. The molecule has 0 saturated carbocycles. The number of hydrogen-bond donors (Lipinski definition) is 2. The van der Waals surface area contributed by atoms with E-state index in [2.05, 4.69) is 0 Å². The van der Waals surface area contributed by atoms with E-state index in [-0.39, 0.29) is 0 Å². The molecule has 0 aromatic heterocycles. The molecule has 0 heterocycles. The zero-order chi connectivity index (χ0) is 11.1. The Labute approximate surface area is 90.9 Å². The normalized spacial score (nSPS) is 10.3. The van der Waals surface area contributed by atoms with E-state index in [1.54, 1.807) is 12.1 Å². The predicted octanol–water partition coefficient (Wildman–Crippen LogP) is 2.07. The third-order valence-electron chi connectivity index (χ3n) is 2.29. The van der Waals surface area contributed by atoms with E-state index in [4.69, 9.17) is 10.5 Å². The van der Waals surface area contributed by atoms with E-state index >= 15 is 0 Å². The highest BCUT2D eigenvalue weighted by atomic mass is 16.5. The van der Waals surface area contributed by atoms with Crippen LogP contribution < -0.4 is 10.5 Å². The van der Waals surface area contributed by atoms with Crippen LogP contribution in [0.1, 0.15) is 25.3 Å². The molecule has 0 aliphatic heterocycles. The Hall–Kier alpha value is -1.22. The fourth-order valence-electron chi connectivity index (χ4n) is 1.54. The maximum absolute atomic E-state index is 9.71. The minimum absolute atomic E-state index is 0.318. The Morgan fingerprint density at radius 2 is 2.13 bits per heavy atom. The molecule has 0 radical (unpaired) electrons. The summed E-state index contributed by atoms with van der Waals surface area (Å²) in [5, 5.41) is 9.71. The minimum Gasteiger partial charge on any atom is -0.508 e. The van der Waals surface area contributed by atoms with Crippen molar-refractivity contribution < 1.29 is 9.84 Å². The summed E-state index contributed by atoms with van der Waals surface area (Å²) in [5.41, 5.74) is 6.33. The van der Waals surface area contributed by atoms with Gasteiger partial charge < -0.3 is 15.6 Å². The Kier molecular flexibility index (Phi) is 4.98. The molecule has 0 fully saturated rings. The zero-order valence-electron chi connectivity index (χ0n) is 9.20. The molecule has 3 heteroatoms. The van der Waals surface area contributed by atoms with E-state index in [1.165, 1.54) is 0 Å². The van der Waals surface area contributed by atoms with E-state index in [0.717, 1.165) is 30.6 Å². The molecule has 0 bridgehead atoms. The molecule has 1 rings (SSSR count). The van der Waals surface area contributed by atoms with Gasteiger partial charge in [-0.25, -0.2) is 0 Å². The van der Waals surface area contributed by atoms with Crippen molar-refractivity contribution in [2.24, 2.45) is 5.73 Å². The summed E-state index contributed by atoms with van der Waals surface area (Å²) in [6.45, 7) is 3.25. The second kappa shape index (κ2) is 6.30. The van der Waals surface area contributed by atoms with Gasteiger partial charge in [-0.15, -0.1) is 0 Å². The summed E-state index contributed by atoms with van der Waals surface area (Å²) in [7, 11) is 0. The molecule has 1 aromatic carbocycles. The fraction of sp³-hybridized carbons (Fsp3) is 0.500. The van der Waals surface area contributed by atoms with Crippen molar-refractivity contribution in [1.29, 1.82) is 0 Å². The second-order valence-corrected chi connectivity index (χ2v) is 3.43. The molecule has 0 unspecified atom stereocenters. The standard InChI is InChI=1S/C12H19NO2/c1-2-15-12-8-5-7-11(14)10(12)6-3-4-9-13/h5,7-8,14H,2-4,6,9,13H2,1H3. The molecule has 0 aliphatic rings. The van der Waals surface area contributed by atoms with Crippen molar-refractivity contribution in [1.82, 2.24) is 0 Å². The summed E-state index contributed by atoms with van der Waals surface area (Å²) in [5.74, 6) is 1.10. The third kappa shape index (κ3) is 3.44. The Morgan fingerprint density at radius 3 is 2.80 bits per heavy atom. The number of unbranched alkanes of at least 4 members (excludes halogenated alkanes) is 1. The molecule has 3 nitrogen and oxygen atoms in total. The SMILES string of the molecule is CCOc1cccc(O)c1CCCCN. The molecular weight excluding hydrogens is 190 g/mol. The number of ether oxygens (including phenoxy) is 1. The van der Waals surface area contributed by atoms with Crippen LogP contribution in [-0.2, 0) is 6.42 Å². The van der Waals surface area contributed by atoms with Crippen LogP contribution in [-0.4, -0.2) is 18.3 Å². The van der Waals surface area contributed by atoms with Crippen molar-refractivity contribution in [2.45, 2.75) is 26.2 Å². The molecule has 3 N–H and O–H groups in total. The molecule has 0 spiro atoms. The molecule has 0 atom stereocenters. The molecule has 0 saturated heterocycles. The first kappa shape index (κ1) is 11.9. The lowest BCUT2D eigenvalue weighted by molar-refractivity contribution is 0.332. The highest BCUT2D eigenvalue weighted by Crippen LogP contribution is 2.28. The van der Waals surface area contributed by atoms with Crippen molar-refractivity contribution in [3.8, 4) is 11.5 Å². The topological polar surface area (TPSA) is 55.5 Å². The number of benzene rings is 1. The van der Waals surface area contributed by atoms with Gasteiger partial charge in [0.05, 0.1) is 6.61 Å². The van der Waals surface area contributed by atoms with Crippen molar-refractivity contribution in [3.05, 3.63) is 23.8 Å². The summed E-state index contributed by atoms with van der Waals surface area (Å²) < 4.78 is 5.46. The lowest BCUT2D eigenvalue weighted by Crippen LogP contribution is -2.01. The van der Waals surface area contributed by atoms with E-state index in [1.807, 2.05) is 13.0 Å². The largest absolute Gasteiger partial charge is 0.508 e. The number of hydrogen-bond acceptors (Lipinski definition) is 3. The first-order valence-electron chi connectivity index (χ1n) is 5.43. The zero-order valence-corrected chi connectivity index (χ0v) is 9.20. The van der Waals surface area contributed by atoms with Gasteiger partial charge >= 0.3 is 0 Å². The van der Waals surface area contributed by atoms with Gasteiger partial charge in [-0.3, -0.25) is 0 Å². The second-order valence-electron chi connectivity index (χ2n) is 3.43. The van der Waals surface area contributed by atoms with Crippen LogP contribution in [0.25, 0.3) is 0 Å². The van der Waals surface area contributed by atoms with Crippen molar-refractivity contribution in [2.75, 3.05) is 13.2 Å². The van der Waals surface area contributed by atoms with Gasteiger partial charge in [0.1, 0.15) is 11.5 Å². The summed E-state index contributed by atoms with van der Waals surface area (Å²) >= 11 is 0. The summed E-state index contributed by atoms with van der Waals surface area (Å²) in [4.78, 5) is 0. The van der Waals surface area contributed by atoms with Crippen LogP contribution in [0, 0.1) is 0 Å². The molecular formula is C12H19NO2. The molecule has 84 valence electrons. The maximum Gasteiger partial charge on any atom is 0.126 e. The van der Waals surface area contributed by atoms with Gasteiger partial charge in [-0.1, -0.05) is 6.07 Å². The molecule has 1 aromatic rings. The van der Waals surface area contributed by atoms with Crippen LogP contribution in [0.15, 0.2) is 18.2 Å². The number of phenols is 1. The number of rotatable bonds is 6. The molecule has 0 aliphatic carbocycles. The van der Waals surface area contributed by atoms with Gasteiger partial charge in [-0.05, 0) is 44.9 Å². The fourth-order valence-corrected chi connectivity index (χ4v) is 1.54. The number of aromatic hydroxyl groups is 1. The minimum atomic E-state index is 0.318. The smallest absolute Gasteiger partial charge is 0.126 e. The first-order valence-corrected chi connectivity index (χ1v) is 5.43. The Bertz CT molecular complexity index is 300. The van der Waals surface area contributed by atoms with Gasteiger partial charge in [0, 0.05) is 5.56 Å². The van der Waals surface area contributed by atoms with Gasteiger partial charge in [0.25, 0.3) is 0 Å². The maximum atomic E-state index is 9.71. The van der Waals surface area contributed by atoms with Gasteiger partial charge in [0.15, 0.2) is 0 Å². The summed E-state index contributed by atoms with van der Waals surface area (Å²) in [6.07, 6.45) is 2.77. The monoisotopic (exact) mass is 209 g/mol. The number of nitrogens with two attached hydrogens (primary N) is 1. The first-order chi connectivity index (χ1) is 7.29. The van der Waals surface area contributed by atoms with Crippen LogP contribution >= 0.6 is 0 Å². The quantitative estimate of drug-likeness (QED) is 0.705. The average Bonchev–Trinajstić information content (AvgIpc) is 2.23. The number of phenolic OH excluding ortho intramolecular Hbond substituents is 1. The van der Waals surface area contributed by atoms with Crippen LogP contribution in [0.3, 0.4) is 0 Å². The molecule has 0 amide bonds. The van der Waals surface area contributed by atoms with Crippen molar-refractivity contribution >= 4 is 0 Å². The van der Waals surface area contributed by atoms with E-state index in [0.29, 0.717) is 18.9 Å². The Balaban J connectivity index is 2.72. The Morgan fingerprint density at radius 1 is 1.33 bits per heavy atom.